The molecule has 0 spiro atoms. The maximum absolute atomic E-state index is 12.0. The number of aliphatic carboxylic acids is 1. The number of benzene rings is 2. The first-order chi connectivity index (χ1) is 12.6. The number of carboxylic acids is 1. The van der Waals surface area contributed by atoms with Crippen LogP contribution in [0.1, 0.15) is 17.5 Å². The molecule has 0 amide bonds. The van der Waals surface area contributed by atoms with Gasteiger partial charge in [0.05, 0.1) is 6.07 Å². The summed E-state index contributed by atoms with van der Waals surface area (Å²) >= 11 is 0. The van der Waals surface area contributed by atoms with Gasteiger partial charge in [-0.1, -0.05) is 60.7 Å². The van der Waals surface area contributed by atoms with Crippen molar-refractivity contribution in [1.29, 1.82) is 5.26 Å². The van der Waals surface area contributed by atoms with Crippen LogP contribution in [0, 0.1) is 11.3 Å². The summed E-state index contributed by atoms with van der Waals surface area (Å²) in [7, 11) is 0. The van der Waals surface area contributed by atoms with Gasteiger partial charge in [0, 0.05) is 13.0 Å². The van der Waals surface area contributed by atoms with Crippen molar-refractivity contribution < 1.29 is 19.4 Å². The maximum atomic E-state index is 12.0. The lowest BCUT2D eigenvalue weighted by molar-refractivity contribution is -0.176. The Morgan fingerprint density at radius 2 is 1.62 bits per heavy atom. The van der Waals surface area contributed by atoms with Crippen molar-refractivity contribution in [3.63, 3.8) is 0 Å². The Balaban J connectivity index is 2.27. The zero-order valence-corrected chi connectivity index (χ0v) is 14.0. The largest absolute Gasteiger partial charge is 0.473 e. The predicted molar refractivity (Wildman–Crippen MR) is 93.2 cm³/mol. The Kier molecular flexibility index (Phi) is 4.74. The number of hydrogen-bond acceptors (Lipinski definition) is 5. The van der Waals surface area contributed by atoms with Gasteiger partial charge in [-0.25, -0.2) is 9.59 Å². The molecule has 2 aromatic rings. The first-order valence-corrected chi connectivity index (χ1v) is 8.25. The van der Waals surface area contributed by atoms with Crippen molar-refractivity contribution in [3.05, 3.63) is 71.8 Å². The van der Waals surface area contributed by atoms with E-state index in [4.69, 9.17) is 9.84 Å². The van der Waals surface area contributed by atoms with Gasteiger partial charge in [-0.15, -0.1) is 0 Å². The van der Waals surface area contributed by atoms with Gasteiger partial charge in [0.2, 0.25) is 0 Å². The summed E-state index contributed by atoms with van der Waals surface area (Å²) < 4.78 is 5.50. The number of carbonyl (C=O) groups is 2. The second-order valence-electron chi connectivity index (χ2n) is 6.21. The molecule has 3 rings (SSSR count). The van der Waals surface area contributed by atoms with Crippen molar-refractivity contribution >= 4 is 11.9 Å². The third kappa shape index (κ3) is 2.72. The van der Waals surface area contributed by atoms with E-state index in [9.17, 15) is 14.9 Å². The van der Waals surface area contributed by atoms with Crippen LogP contribution >= 0.6 is 0 Å². The molecule has 2 N–H and O–H groups in total. The van der Waals surface area contributed by atoms with Crippen molar-refractivity contribution in [2.75, 3.05) is 13.1 Å². The molecule has 2 aromatic carbocycles. The number of nitrogens with one attached hydrogen (secondary N) is 1. The van der Waals surface area contributed by atoms with Crippen LogP contribution in [-0.4, -0.2) is 35.7 Å². The van der Waals surface area contributed by atoms with Gasteiger partial charge in [-0.05, 0) is 17.7 Å². The molecule has 0 radical (unpaired) electrons. The molecule has 1 atom stereocenters. The molecule has 0 unspecified atom stereocenters. The molecule has 1 heterocycles. The van der Waals surface area contributed by atoms with Crippen LogP contribution in [0.15, 0.2) is 60.7 Å². The standard InChI is InChI=1S/C20H18N2O4/c21-13-20(15-7-3-1-4-8-15,16-9-5-2-6-10-16)19(11-12-22-14-19)26-18(25)17(23)24/h1-10,22H,11-12,14H2,(H,23,24)/t19-/m0/s1. The summed E-state index contributed by atoms with van der Waals surface area (Å²) in [6, 6.07) is 20.4. The van der Waals surface area contributed by atoms with Crippen LogP contribution in [0.2, 0.25) is 0 Å². The molecule has 1 aliphatic rings. The molecule has 0 saturated carbocycles. The number of carbonyl (C=O) groups excluding carboxylic acids is 1. The molecule has 1 fully saturated rings. The van der Waals surface area contributed by atoms with Gasteiger partial charge in [0.25, 0.3) is 0 Å². The Morgan fingerprint density at radius 3 is 2.00 bits per heavy atom. The molecule has 6 heteroatoms. The topological polar surface area (TPSA) is 99.4 Å². The summed E-state index contributed by atoms with van der Waals surface area (Å²) in [6.45, 7) is 0.694. The van der Waals surface area contributed by atoms with E-state index >= 15 is 0 Å². The SMILES string of the molecule is N#CC(c1ccccc1)(c1ccccc1)[C@]1(OC(=O)C(=O)O)CCNC1. The fourth-order valence-corrected chi connectivity index (χ4v) is 3.67. The Labute approximate surface area is 151 Å². The first kappa shape index (κ1) is 17.6. The maximum Gasteiger partial charge on any atom is 0.417 e. The third-order valence-corrected chi connectivity index (χ3v) is 4.84. The minimum Gasteiger partial charge on any atom is -0.473 e. The van der Waals surface area contributed by atoms with E-state index in [2.05, 4.69) is 11.4 Å². The number of hydrogen-bond donors (Lipinski definition) is 2. The van der Waals surface area contributed by atoms with E-state index < -0.39 is 23.0 Å². The van der Waals surface area contributed by atoms with Crippen LogP contribution in [0.4, 0.5) is 0 Å². The van der Waals surface area contributed by atoms with E-state index in [1.807, 2.05) is 12.1 Å². The number of carboxylic acid groups (broad SMARTS) is 1. The average Bonchev–Trinajstić information content (AvgIpc) is 3.14. The van der Waals surface area contributed by atoms with Gasteiger partial charge in [-0.2, -0.15) is 5.26 Å². The van der Waals surface area contributed by atoms with E-state index in [1.54, 1.807) is 48.5 Å². The molecular weight excluding hydrogens is 332 g/mol. The first-order valence-electron chi connectivity index (χ1n) is 8.25. The molecular formula is C20H18N2O4. The highest BCUT2D eigenvalue weighted by Crippen LogP contribution is 2.46. The lowest BCUT2D eigenvalue weighted by Crippen LogP contribution is -2.56. The quantitative estimate of drug-likeness (QED) is 0.645. The lowest BCUT2D eigenvalue weighted by atomic mass is 9.63. The number of esters is 1. The third-order valence-electron chi connectivity index (χ3n) is 4.84. The van der Waals surface area contributed by atoms with Crippen molar-refractivity contribution in [1.82, 2.24) is 5.32 Å². The molecule has 1 saturated heterocycles. The Hall–Kier alpha value is -3.17. The van der Waals surface area contributed by atoms with E-state index in [-0.39, 0.29) is 6.54 Å². The highest BCUT2D eigenvalue weighted by atomic mass is 16.6. The normalized spacial score (nSPS) is 19.5. The molecule has 1 aliphatic heterocycles. The van der Waals surface area contributed by atoms with Gasteiger partial charge >= 0.3 is 11.9 Å². The van der Waals surface area contributed by atoms with Crippen molar-refractivity contribution in [2.24, 2.45) is 0 Å². The van der Waals surface area contributed by atoms with Gasteiger partial charge in [-0.3, -0.25) is 0 Å². The monoisotopic (exact) mass is 350 g/mol. The second-order valence-corrected chi connectivity index (χ2v) is 6.21. The molecule has 26 heavy (non-hydrogen) atoms. The summed E-state index contributed by atoms with van der Waals surface area (Å²) in [5.74, 6) is -3.04. The lowest BCUT2D eigenvalue weighted by Gasteiger charge is -2.43. The number of nitrogens with zero attached hydrogens (tertiary/aromatic N) is 1. The van der Waals surface area contributed by atoms with Crippen molar-refractivity contribution in [2.45, 2.75) is 17.4 Å². The van der Waals surface area contributed by atoms with Crippen LogP contribution in [0.3, 0.4) is 0 Å². The van der Waals surface area contributed by atoms with E-state index in [0.717, 1.165) is 0 Å². The molecule has 132 valence electrons. The number of nitriles is 1. The van der Waals surface area contributed by atoms with Crippen LogP contribution in [0.5, 0.6) is 0 Å². The van der Waals surface area contributed by atoms with Gasteiger partial charge in [0.1, 0.15) is 5.41 Å². The van der Waals surface area contributed by atoms with Crippen LogP contribution in [-0.2, 0) is 19.7 Å². The fourth-order valence-electron chi connectivity index (χ4n) is 3.67. The zero-order valence-electron chi connectivity index (χ0n) is 14.0. The van der Waals surface area contributed by atoms with Crippen LogP contribution < -0.4 is 5.32 Å². The molecule has 0 bridgehead atoms. The van der Waals surface area contributed by atoms with Gasteiger partial charge < -0.3 is 15.2 Å². The number of ether oxygens (including phenoxy) is 1. The fraction of sp³-hybridized carbons (Fsp3) is 0.250. The summed E-state index contributed by atoms with van der Waals surface area (Å²) in [5, 5.41) is 22.5. The van der Waals surface area contributed by atoms with Crippen molar-refractivity contribution in [3.8, 4) is 6.07 Å². The summed E-state index contributed by atoms with van der Waals surface area (Å²) in [4.78, 5) is 23.1. The van der Waals surface area contributed by atoms with Crippen LogP contribution in [0.25, 0.3) is 0 Å². The molecule has 0 aromatic heterocycles. The summed E-state index contributed by atoms with van der Waals surface area (Å²) in [6.07, 6.45) is 0.323. The highest BCUT2D eigenvalue weighted by molar-refractivity contribution is 6.28. The second kappa shape index (κ2) is 6.98. The van der Waals surface area contributed by atoms with Gasteiger partial charge in [0.15, 0.2) is 5.60 Å². The Morgan fingerprint density at radius 1 is 1.08 bits per heavy atom. The van der Waals surface area contributed by atoms with E-state index in [1.165, 1.54) is 0 Å². The minimum absolute atomic E-state index is 0.184. The Bertz CT molecular complexity index is 798. The summed E-state index contributed by atoms with van der Waals surface area (Å²) in [5.41, 5.74) is -1.38. The number of rotatable bonds is 4. The highest BCUT2D eigenvalue weighted by Gasteiger charge is 2.59. The predicted octanol–water partition coefficient (Wildman–Crippen LogP) is 1.86. The smallest absolute Gasteiger partial charge is 0.417 e. The zero-order chi connectivity index (χ0) is 18.6. The minimum atomic E-state index is -1.68. The molecule has 0 aliphatic carbocycles. The van der Waals surface area contributed by atoms with E-state index in [0.29, 0.717) is 24.1 Å². The molecule has 6 nitrogen and oxygen atoms in total. The average molecular weight is 350 g/mol.